The summed E-state index contributed by atoms with van der Waals surface area (Å²) >= 11 is 0. The van der Waals surface area contributed by atoms with Gasteiger partial charge < -0.3 is 14.4 Å². The number of esters is 1. The Morgan fingerprint density at radius 3 is 2.56 bits per heavy atom. The molecule has 0 saturated carbocycles. The predicted molar refractivity (Wildman–Crippen MR) is 103 cm³/mol. The van der Waals surface area contributed by atoms with E-state index in [-0.39, 0.29) is 18.9 Å². The molecule has 3 aromatic rings. The lowest BCUT2D eigenvalue weighted by atomic mass is 10.1. The molecule has 0 bridgehead atoms. The number of benzene rings is 3. The van der Waals surface area contributed by atoms with Crippen molar-refractivity contribution >= 4 is 28.3 Å². The summed E-state index contributed by atoms with van der Waals surface area (Å²) in [6.07, 6.45) is 0.129. The summed E-state index contributed by atoms with van der Waals surface area (Å²) < 4.78 is 10.9. The molecule has 5 nitrogen and oxygen atoms in total. The van der Waals surface area contributed by atoms with Gasteiger partial charge in [0.1, 0.15) is 11.5 Å². The minimum absolute atomic E-state index is 0.111. The van der Waals surface area contributed by atoms with Gasteiger partial charge in [-0.1, -0.05) is 42.5 Å². The van der Waals surface area contributed by atoms with Crippen molar-refractivity contribution in [3.63, 3.8) is 0 Å². The van der Waals surface area contributed by atoms with Gasteiger partial charge in [-0.25, -0.2) is 0 Å². The normalized spacial score (nSPS) is 16.6. The zero-order valence-electron chi connectivity index (χ0n) is 14.9. The molecule has 27 heavy (non-hydrogen) atoms. The highest BCUT2D eigenvalue weighted by atomic mass is 16.5. The van der Waals surface area contributed by atoms with Gasteiger partial charge in [-0.3, -0.25) is 9.59 Å². The molecule has 3 aromatic carbocycles. The Hall–Kier alpha value is -3.34. The third-order valence-corrected chi connectivity index (χ3v) is 4.77. The molecular weight excluding hydrogens is 342 g/mol. The number of anilines is 1. The van der Waals surface area contributed by atoms with Crippen molar-refractivity contribution < 1.29 is 19.1 Å². The molecule has 4 rings (SSSR count). The van der Waals surface area contributed by atoms with E-state index in [1.165, 1.54) is 0 Å². The Balaban J connectivity index is 1.50. The van der Waals surface area contributed by atoms with Crippen LogP contribution in [0, 0.1) is 5.92 Å². The number of methoxy groups -OCH3 is 1. The molecule has 136 valence electrons. The third kappa shape index (κ3) is 3.36. The summed E-state index contributed by atoms with van der Waals surface area (Å²) in [6.45, 7) is 0.283. The average Bonchev–Trinajstić information content (AvgIpc) is 3.09. The topological polar surface area (TPSA) is 55.8 Å². The fourth-order valence-electron chi connectivity index (χ4n) is 3.38. The Bertz CT molecular complexity index is 1010. The van der Waals surface area contributed by atoms with Crippen LogP contribution in [0.1, 0.15) is 6.42 Å². The highest BCUT2D eigenvalue weighted by Crippen LogP contribution is 2.33. The molecule has 1 heterocycles. The number of amides is 1. The van der Waals surface area contributed by atoms with Crippen LogP contribution in [-0.4, -0.2) is 25.5 Å². The van der Waals surface area contributed by atoms with Crippen molar-refractivity contribution in [1.29, 1.82) is 0 Å². The van der Waals surface area contributed by atoms with Crippen molar-refractivity contribution in [2.24, 2.45) is 5.92 Å². The molecule has 1 atom stereocenters. The Morgan fingerprint density at radius 2 is 1.74 bits per heavy atom. The van der Waals surface area contributed by atoms with E-state index in [4.69, 9.17) is 9.47 Å². The van der Waals surface area contributed by atoms with E-state index in [1.54, 1.807) is 24.1 Å². The van der Waals surface area contributed by atoms with Crippen LogP contribution in [0.5, 0.6) is 11.5 Å². The van der Waals surface area contributed by atoms with E-state index in [9.17, 15) is 9.59 Å². The smallest absolute Gasteiger partial charge is 0.316 e. The fraction of sp³-hybridized carbons (Fsp3) is 0.182. The molecule has 1 amide bonds. The second-order valence-corrected chi connectivity index (χ2v) is 6.51. The molecule has 0 aromatic heterocycles. The zero-order chi connectivity index (χ0) is 18.8. The summed E-state index contributed by atoms with van der Waals surface area (Å²) in [6, 6.07) is 20.7. The Morgan fingerprint density at radius 1 is 1.00 bits per heavy atom. The number of fused-ring (bicyclic) bond motifs is 1. The number of ether oxygens (including phenoxy) is 2. The first-order valence-corrected chi connectivity index (χ1v) is 8.79. The minimum Gasteiger partial charge on any atom is -0.495 e. The molecular formula is C22H19NO4. The van der Waals surface area contributed by atoms with Crippen LogP contribution in [-0.2, 0) is 9.59 Å². The van der Waals surface area contributed by atoms with Crippen molar-refractivity contribution in [2.75, 3.05) is 18.6 Å². The second kappa shape index (κ2) is 7.11. The fourth-order valence-corrected chi connectivity index (χ4v) is 3.38. The monoisotopic (exact) mass is 361 g/mol. The molecule has 1 aliphatic rings. The summed E-state index contributed by atoms with van der Waals surface area (Å²) in [7, 11) is 1.56. The second-order valence-electron chi connectivity index (χ2n) is 6.51. The van der Waals surface area contributed by atoms with Gasteiger partial charge in [-0.2, -0.15) is 0 Å². The van der Waals surface area contributed by atoms with Gasteiger partial charge >= 0.3 is 5.97 Å². The number of rotatable bonds is 4. The van der Waals surface area contributed by atoms with Gasteiger partial charge in [0.2, 0.25) is 5.91 Å². The van der Waals surface area contributed by atoms with Crippen LogP contribution in [0.15, 0.2) is 66.7 Å². The van der Waals surface area contributed by atoms with Crippen LogP contribution in [0.3, 0.4) is 0 Å². The number of carbonyl (C=O) groups is 2. The van der Waals surface area contributed by atoms with Crippen LogP contribution in [0.2, 0.25) is 0 Å². The maximum atomic E-state index is 12.6. The summed E-state index contributed by atoms with van der Waals surface area (Å²) in [5.74, 6) is 0.0844. The summed E-state index contributed by atoms with van der Waals surface area (Å²) in [5.41, 5.74) is 0.672. The maximum Gasteiger partial charge on any atom is 0.316 e. The molecule has 0 aliphatic carbocycles. The van der Waals surface area contributed by atoms with Gasteiger partial charge in [0.25, 0.3) is 0 Å². The van der Waals surface area contributed by atoms with E-state index in [0.717, 1.165) is 10.8 Å². The van der Waals surface area contributed by atoms with E-state index in [1.807, 2.05) is 54.6 Å². The number of nitrogens with zero attached hydrogens (tertiary/aromatic N) is 1. The Labute approximate surface area is 157 Å². The molecule has 0 radical (unpaired) electrons. The highest BCUT2D eigenvalue weighted by Gasteiger charge is 2.37. The first-order chi connectivity index (χ1) is 13.2. The van der Waals surface area contributed by atoms with Crippen molar-refractivity contribution in [3.8, 4) is 11.5 Å². The molecule has 1 saturated heterocycles. The molecule has 5 heteroatoms. The van der Waals surface area contributed by atoms with Gasteiger partial charge in [-0.05, 0) is 35.0 Å². The maximum absolute atomic E-state index is 12.6. The third-order valence-electron chi connectivity index (χ3n) is 4.77. The standard InChI is InChI=1S/C22H19NO4/c1-26-20-9-5-4-8-19(20)23-14-17(13-21(23)24)22(25)27-18-11-10-15-6-2-3-7-16(15)12-18/h2-12,17H,13-14H2,1H3/t17-/m1/s1. The summed E-state index contributed by atoms with van der Waals surface area (Å²) in [5, 5.41) is 2.08. The van der Waals surface area contributed by atoms with Crippen LogP contribution >= 0.6 is 0 Å². The minimum atomic E-state index is -0.506. The van der Waals surface area contributed by atoms with Crippen molar-refractivity contribution in [3.05, 3.63) is 66.7 Å². The van der Waals surface area contributed by atoms with E-state index in [2.05, 4.69) is 0 Å². The quantitative estimate of drug-likeness (QED) is 0.524. The first-order valence-electron chi connectivity index (χ1n) is 8.79. The largest absolute Gasteiger partial charge is 0.495 e. The summed E-state index contributed by atoms with van der Waals surface area (Å²) in [4.78, 5) is 26.6. The lowest BCUT2D eigenvalue weighted by Crippen LogP contribution is -2.27. The molecule has 0 unspecified atom stereocenters. The zero-order valence-corrected chi connectivity index (χ0v) is 14.9. The number of carbonyl (C=O) groups excluding carboxylic acids is 2. The predicted octanol–water partition coefficient (Wildman–Crippen LogP) is 3.81. The van der Waals surface area contributed by atoms with Crippen molar-refractivity contribution in [2.45, 2.75) is 6.42 Å². The Kier molecular flexibility index (Phi) is 4.50. The lowest BCUT2D eigenvalue weighted by molar-refractivity contribution is -0.139. The first kappa shape index (κ1) is 17.1. The van der Waals surface area contributed by atoms with Crippen LogP contribution < -0.4 is 14.4 Å². The van der Waals surface area contributed by atoms with Crippen LogP contribution in [0.4, 0.5) is 5.69 Å². The number of hydrogen-bond donors (Lipinski definition) is 0. The van der Waals surface area contributed by atoms with Crippen LogP contribution in [0.25, 0.3) is 10.8 Å². The number of hydrogen-bond acceptors (Lipinski definition) is 4. The van der Waals surface area contributed by atoms with Gasteiger partial charge in [-0.15, -0.1) is 0 Å². The van der Waals surface area contributed by atoms with Crippen molar-refractivity contribution in [1.82, 2.24) is 0 Å². The molecule has 1 fully saturated rings. The molecule has 1 aliphatic heterocycles. The highest BCUT2D eigenvalue weighted by molar-refractivity contribution is 6.00. The average molecular weight is 361 g/mol. The van der Waals surface area contributed by atoms with Gasteiger partial charge in [0.05, 0.1) is 18.7 Å². The van der Waals surface area contributed by atoms with E-state index >= 15 is 0 Å². The molecule has 0 N–H and O–H groups in total. The van der Waals surface area contributed by atoms with E-state index in [0.29, 0.717) is 17.2 Å². The van der Waals surface area contributed by atoms with Gasteiger partial charge in [0.15, 0.2) is 0 Å². The number of para-hydroxylation sites is 2. The molecule has 0 spiro atoms. The SMILES string of the molecule is COc1ccccc1N1C[C@H](C(=O)Oc2ccc3ccccc3c2)CC1=O. The van der Waals surface area contributed by atoms with E-state index < -0.39 is 11.9 Å². The van der Waals surface area contributed by atoms with Gasteiger partial charge in [0, 0.05) is 13.0 Å². The lowest BCUT2D eigenvalue weighted by Gasteiger charge is -2.19.